The number of carboxylic acids is 1. The summed E-state index contributed by atoms with van der Waals surface area (Å²) in [4.78, 5) is 24.9. The van der Waals surface area contributed by atoms with Gasteiger partial charge in [0.15, 0.2) is 9.84 Å². The summed E-state index contributed by atoms with van der Waals surface area (Å²) >= 11 is 0. The summed E-state index contributed by atoms with van der Waals surface area (Å²) in [5, 5.41) is 12.0. The molecule has 0 aromatic heterocycles. The smallest absolute Gasteiger partial charge is 0.329 e. The van der Waals surface area contributed by atoms with Crippen molar-refractivity contribution in [3.63, 3.8) is 0 Å². The van der Waals surface area contributed by atoms with E-state index in [0.29, 0.717) is 25.8 Å². The number of likely N-dealkylation sites (tertiary alicyclic amines) is 1. The zero-order chi connectivity index (χ0) is 15.2. The molecule has 2 amide bonds. The van der Waals surface area contributed by atoms with E-state index in [1.54, 1.807) is 6.92 Å². The van der Waals surface area contributed by atoms with Gasteiger partial charge >= 0.3 is 12.0 Å². The Labute approximate surface area is 118 Å². The van der Waals surface area contributed by atoms with Crippen molar-refractivity contribution in [3.05, 3.63) is 0 Å². The molecule has 2 atom stereocenters. The average Bonchev–Trinajstić information content (AvgIpc) is 2.80. The third-order valence-electron chi connectivity index (χ3n) is 4.26. The number of nitrogens with zero attached hydrogens (tertiary/aromatic N) is 1. The van der Waals surface area contributed by atoms with Gasteiger partial charge in [0, 0.05) is 6.54 Å². The molecule has 20 heavy (non-hydrogen) atoms. The minimum atomic E-state index is -3.12. The lowest BCUT2D eigenvalue weighted by molar-refractivity contribution is -0.147. The Morgan fingerprint density at radius 3 is 2.40 bits per heavy atom. The van der Waals surface area contributed by atoms with E-state index in [2.05, 4.69) is 5.32 Å². The summed E-state index contributed by atoms with van der Waals surface area (Å²) in [5.41, 5.74) is -2.02. The van der Waals surface area contributed by atoms with Gasteiger partial charge in [-0.2, -0.15) is 0 Å². The van der Waals surface area contributed by atoms with E-state index in [0.717, 1.165) is 0 Å². The van der Waals surface area contributed by atoms with Crippen molar-refractivity contribution in [1.29, 1.82) is 0 Å². The first-order valence-corrected chi connectivity index (χ1v) is 8.44. The number of carbonyl (C=O) groups excluding carboxylic acids is 1. The molecule has 0 aromatic carbocycles. The van der Waals surface area contributed by atoms with Gasteiger partial charge in [-0.3, -0.25) is 0 Å². The van der Waals surface area contributed by atoms with E-state index in [-0.39, 0.29) is 11.5 Å². The molecule has 114 valence electrons. The van der Waals surface area contributed by atoms with Crippen LogP contribution in [0.3, 0.4) is 0 Å². The number of amides is 2. The molecule has 2 aliphatic rings. The molecule has 2 heterocycles. The van der Waals surface area contributed by atoms with Crippen LogP contribution in [0.25, 0.3) is 0 Å². The fourth-order valence-corrected chi connectivity index (χ4v) is 5.04. The van der Waals surface area contributed by atoms with Gasteiger partial charge in [-0.15, -0.1) is 0 Å². The van der Waals surface area contributed by atoms with E-state index in [1.807, 2.05) is 0 Å². The molecule has 7 nitrogen and oxygen atoms in total. The lowest BCUT2D eigenvalue weighted by atomic mass is 9.99. The van der Waals surface area contributed by atoms with E-state index in [4.69, 9.17) is 0 Å². The summed E-state index contributed by atoms with van der Waals surface area (Å²) in [5.74, 6) is -1.07. The SMILES string of the molecule is CC1(NC(=O)N2CCCC2(C)C(=O)O)CCS(=O)(=O)C1. The highest BCUT2D eigenvalue weighted by molar-refractivity contribution is 7.91. The molecule has 2 aliphatic heterocycles. The Morgan fingerprint density at radius 1 is 1.25 bits per heavy atom. The maximum atomic E-state index is 12.3. The van der Waals surface area contributed by atoms with E-state index < -0.39 is 32.9 Å². The zero-order valence-corrected chi connectivity index (χ0v) is 12.5. The van der Waals surface area contributed by atoms with Crippen molar-refractivity contribution >= 4 is 21.8 Å². The summed E-state index contributed by atoms with van der Waals surface area (Å²) < 4.78 is 23.1. The van der Waals surface area contributed by atoms with Crippen molar-refractivity contribution in [3.8, 4) is 0 Å². The quantitative estimate of drug-likeness (QED) is 0.759. The van der Waals surface area contributed by atoms with E-state index in [9.17, 15) is 23.1 Å². The molecular weight excluding hydrogens is 284 g/mol. The number of nitrogens with one attached hydrogen (secondary N) is 1. The zero-order valence-electron chi connectivity index (χ0n) is 11.7. The number of aliphatic carboxylic acids is 1. The molecule has 0 aliphatic carbocycles. The topological polar surface area (TPSA) is 104 Å². The normalized spacial score (nSPS) is 36.0. The number of rotatable bonds is 2. The number of urea groups is 1. The Kier molecular flexibility index (Phi) is 3.48. The molecule has 8 heteroatoms. The number of sulfone groups is 1. The third kappa shape index (κ3) is 2.61. The maximum absolute atomic E-state index is 12.3. The Hall–Kier alpha value is -1.31. The third-order valence-corrected chi connectivity index (χ3v) is 6.16. The van der Waals surface area contributed by atoms with Crippen LogP contribution in [0, 0.1) is 0 Å². The maximum Gasteiger partial charge on any atom is 0.329 e. The standard InChI is InChI=1S/C12H20N2O5S/c1-11(5-7-20(18,19)8-11)13-10(17)14-6-3-4-12(14,2)9(15)16/h3-8H2,1-2H3,(H,13,17)(H,15,16). The molecule has 0 bridgehead atoms. The van der Waals surface area contributed by atoms with E-state index >= 15 is 0 Å². The summed E-state index contributed by atoms with van der Waals surface area (Å²) in [6.07, 6.45) is 1.40. The number of carbonyl (C=O) groups is 2. The van der Waals surface area contributed by atoms with Crippen LogP contribution in [-0.2, 0) is 14.6 Å². The first-order valence-electron chi connectivity index (χ1n) is 6.62. The minimum Gasteiger partial charge on any atom is -0.480 e. The van der Waals surface area contributed by atoms with Crippen LogP contribution in [0.5, 0.6) is 0 Å². The molecule has 0 saturated carbocycles. The van der Waals surface area contributed by atoms with Crippen LogP contribution in [0.1, 0.15) is 33.1 Å². The second-order valence-corrected chi connectivity index (χ2v) is 8.35. The van der Waals surface area contributed by atoms with Crippen molar-refractivity contribution in [2.75, 3.05) is 18.1 Å². The van der Waals surface area contributed by atoms with Crippen molar-refractivity contribution in [1.82, 2.24) is 10.2 Å². The predicted molar refractivity (Wildman–Crippen MR) is 72.2 cm³/mol. The number of hydrogen-bond acceptors (Lipinski definition) is 4. The summed E-state index contributed by atoms with van der Waals surface area (Å²) in [6.45, 7) is 3.58. The van der Waals surface area contributed by atoms with Gasteiger partial charge < -0.3 is 15.3 Å². The van der Waals surface area contributed by atoms with Gasteiger partial charge in [0.05, 0.1) is 17.0 Å². The lowest BCUT2D eigenvalue weighted by Gasteiger charge is -2.34. The van der Waals surface area contributed by atoms with Crippen LogP contribution in [0.4, 0.5) is 4.79 Å². The molecule has 2 saturated heterocycles. The number of carboxylic acid groups (broad SMARTS) is 1. The van der Waals surface area contributed by atoms with Crippen molar-refractivity contribution < 1.29 is 23.1 Å². The van der Waals surface area contributed by atoms with Crippen LogP contribution < -0.4 is 5.32 Å². The van der Waals surface area contributed by atoms with Crippen LogP contribution >= 0.6 is 0 Å². The van der Waals surface area contributed by atoms with Crippen LogP contribution in [0.15, 0.2) is 0 Å². The fourth-order valence-electron chi connectivity index (χ4n) is 2.95. The highest BCUT2D eigenvalue weighted by atomic mass is 32.2. The highest BCUT2D eigenvalue weighted by Crippen LogP contribution is 2.30. The first kappa shape index (κ1) is 15.1. The Morgan fingerprint density at radius 2 is 1.90 bits per heavy atom. The predicted octanol–water partition coefficient (Wildman–Crippen LogP) is 0.212. The van der Waals surface area contributed by atoms with Crippen molar-refractivity contribution in [2.45, 2.75) is 44.2 Å². The monoisotopic (exact) mass is 304 g/mol. The molecule has 0 spiro atoms. The van der Waals surface area contributed by atoms with Crippen LogP contribution in [0.2, 0.25) is 0 Å². The largest absolute Gasteiger partial charge is 0.480 e. The van der Waals surface area contributed by atoms with Crippen LogP contribution in [-0.4, -0.2) is 59.6 Å². The molecule has 2 fully saturated rings. The summed E-state index contributed by atoms with van der Waals surface area (Å²) in [6, 6.07) is -0.494. The highest BCUT2D eigenvalue weighted by Gasteiger charge is 2.48. The number of hydrogen-bond donors (Lipinski definition) is 2. The van der Waals surface area contributed by atoms with Gasteiger partial charge in [0.2, 0.25) is 0 Å². The van der Waals surface area contributed by atoms with Gasteiger partial charge in [0.25, 0.3) is 0 Å². The molecule has 2 rings (SSSR count). The lowest BCUT2D eigenvalue weighted by Crippen LogP contribution is -2.58. The fraction of sp³-hybridized carbons (Fsp3) is 0.833. The van der Waals surface area contributed by atoms with Gasteiger partial charge in [-0.25, -0.2) is 18.0 Å². The first-order chi connectivity index (χ1) is 9.08. The molecule has 0 radical (unpaired) electrons. The van der Waals surface area contributed by atoms with Crippen molar-refractivity contribution in [2.24, 2.45) is 0 Å². The molecule has 2 unspecified atom stereocenters. The molecular formula is C12H20N2O5S. The van der Waals surface area contributed by atoms with Gasteiger partial charge in [-0.05, 0) is 33.1 Å². The van der Waals surface area contributed by atoms with Gasteiger partial charge in [0.1, 0.15) is 5.54 Å². The summed E-state index contributed by atoms with van der Waals surface area (Å²) in [7, 11) is -3.12. The second-order valence-electron chi connectivity index (χ2n) is 6.17. The van der Waals surface area contributed by atoms with E-state index in [1.165, 1.54) is 11.8 Å². The second kappa shape index (κ2) is 4.61. The minimum absolute atomic E-state index is 0.0555. The Balaban J connectivity index is 2.11. The molecule has 2 N–H and O–H groups in total. The molecule has 0 aromatic rings. The Bertz CT molecular complexity index is 546. The average molecular weight is 304 g/mol. The van der Waals surface area contributed by atoms with Gasteiger partial charge in [-0.1, -0.05) is 0 Å².